The van der Waals surface area contributed by atoms with Crippen LogP contribution in [0.5, 0.6) is 0 Å². The highest BCUT2D eigenvalue weighted by atomic mass is 16.5. The quantitative estimate of drug-likeness (QED) is 0.225. The smallest absolute Gasteiger partial charge is 0.303 e. The molecule has 8 rings (SSSR count). The lowest BCUT2D eigenvalue weighted by Crippen LogP contribution is -2.46. The molecule has 4 saturated carbocycles. The number of allylic oxidation sites excluding steroid dienone is 10. The predicted octanol–water partition coefficient (Wildman–Crippen LogP) is 8.07. The van der Waals surface area contributed by atoms with E-state index in [0.717, 1.165) is 57.8 Å². The van der Waals surface area contributed by atoms with E-state index in [9.17, 15) is 29.1 Å². The third kappa shape index (κ3) is 5.97. The first-order valence-electron chi connectivity index (χ1n) is 20.4. The SMILES string of the molecule is CC(=O)OCC(=O)[C@H]1[C@H](C)CC2C3CCC4=CC(=O)CC[C@]4(C)C3=CC[C@@]21C.C[C@@H]1CC2C3CCC4=CC(=O)C=C[C@]4(C)C3=CC[C@]2(C)[C@H]1C(=O)CO. The Bertz CT molecular complexity index is 1770. The van der Waals surface area contributed by atoms with Crippen LogP contribution in [-0.4, -0.2) is 47.4 Å². The summed E-state index contributed by atoms with van der Waals surface area (Å²) in [7, 11) is 0. The van der Waals surface area contributed by atoms with Gasteiger partial charge in [-0.1, -0.05) is 75.1 Å². The molecule has 0 aliphatic heterocycles. The lowest BCUT2D eigenvalue weighted by atomic mass is 9.51. The van der Waals surface area contributed by atoms with Gasteiger partial charge >= 0.3 is 5.97 Å². The molecule has 8 aliphatic rings. The van der Waals surface area contributed by atoms with E-state index in [0.29, 0.717) is 41.9 Å². The number of aliphatic hydroxyl groups is 1. The van der Waals surface area contributed by atoms with Crippen molar-refractivity contribution >= 4 is 29.1 Å². The van der Waals surface area contributed by atoms with E-state index < -0.39 is 5.97 Å². The van der Waals surface area contributed by atoms with Crippen LogP contribution in [-0.2, 0) is 28.7 Å². The molecule has 0 aromatic rings. The minimum Gasteiger partial charge on any atom is -0.458 e. The van der Waals surface area contributed by atoms with E-state index in [1.54, 1.807) is 6.08 Å². The Balaban J connectivity index is 0.000000165. The summed E-state index contributed by atoms with van der Waals surface area (Å²) in [6.45, 7) is 14.4. The molecule has 0 heterocycles. The molecule has 0 bridgehead atoms. The Kier molecular flexibility index (Phi) is 9.73. The number of rotatable bonds is 5. The fraction of sp³-hybridized carbons (Fsp3) is 0.674. The summed E-state index contributed by atoms with van der Waals surface area (Å²) in [6.07, 6.45) is 21.9. The van der Waals surface area contributed by atoms with Crippen LogP contribution in [0.3, 0.4) is 0 Å². The number of ether oxygens (including phenoxy) is 1. The number of ketones is 4. The number of carbonyl (C=O) groups excluding carboxylic acids is 5. The van der Waals surface area contributed by atoms with Gasteiger partial charge in [0.05, 0.1) is 0 Å². The van der Waals surface area contributed by atoms with Crippen LogP contribution in [0.1, 0.15) is 113 Å². The van der Waals surface area contributed by atoms with Gasteiger partial charge in [-0.2, -0.15) is 0 Å². The Morgan fingerprint density at radius 2 is 1.36 bits per heavy atom. The summed E-state index contributed by atoms with van der Waals surface area (Å²) < 4.78 is 5.05. The van der Waals surface area contributed by atoms with Gasteiger partial charge in [0, 0.05) is 36.0 Å². The highest BCUT2D eigenvalue weighted by Crippen LogP contribution is 2.67. The molecule has 4 unspecified atom stereocenters. The van der Waals surface area contributed by atoms with Crippen LogP contribution in [0.4, 0.5) is 0 Å². The molecule has 0 spiro atoms. The number of carbonyl (C=O) groups is 5. The first kappa shape index (κ1) is 38.1. The summed E-state index contributed by atoms with van der Waals surface area (Å²) >= 11 is 0. The van der Waals surface area contributed by atoms with Crippen molar-refractivity contribution in [3.05, 3.63) is 58.7 Å². The van der Waals surface area contributed by atoms with Crippen molar-refractivity contribution in [1.82, 2.24) is 0 Å². The molecule has 4 fully saturated rings. The van der Waals surface area contributed by atoms with E-state index in [-0.39, 0.29) is 69.8 Å². The third-order valence-electron chi connectivity index (χ3n) is 16.2. The van der Waals surface area contributed by atoms with Crippen molar-refractivity contribution in [2.75, 3.05) is 13.2 Å². The minimum atomic E-state index is -0.391. The molecule has 12 atom stereocenters. The number of hydrogen-bond donors (Lipinski definition) is 1. The van der Waals surface area contributed by atoms with Crippen molar-refractivity contribution < 1.29 is 33.8 Å². The van der Waals surface area contributed by atoms with Gasteiger partial charge in [-0.05, 0) is 129 Å². The van der Waals surface area contributed by atoms with E-state index >= 15 is 0 Å². The Hall–Kier alpha value is -3.19. The number of hydrogen-bond acceptors (Lipinski definition) is 7. The lowest BCUT2D eigenvalue weighted by Gasteiger charge is -2.53. The molecule has 0 amide bonds. The summed E-state index contributed by atoms with van der Waals surface area (Å²) in [4.78, 5) is 60.3. The molecule has 7 heteroatoms. The van der Waals surface area contributed by atoms with Crippen molar-refractivity contribution in [3.8, 4) is 0 Å². The van der Waals surface area contributed by atoms with Gasteiger partial charge in [0.2, 0.25) is 0 Å². The maximum atomic E-state index is 13.0. The standard InChI is InChI=1S/C24H32O4.C22H28O3/c1-14-11-20-18-6-5-16-12-17(26)7-9-23(16,3)19(18)8-10-24(20,4)22(14)21(27)13-28-15(2)25;1-13-10-18-16-5-4-14-11-15(24)6-8-21(14,2)17(16)7-9-22(18,3)20(13)19(25)12-23/h8,12,14,18,20,22H,5-7,9-11,13H2,1-4H3;6-8,11,13,16,18,20,23H,4-5,9-10,12H2,1-3H3/t14-,18?,20?,22-,23+,24+;13-,16?,18?,20-,21+,22+/m11/s1. The van der Waals surface area contributed by atoms with Crippen LogP contribution in [0.25, 0.3) is 0 Å². The predicted molar refractivity (Wildman–Crippen MR) is 203 cm³/mol. The molecule has 0 saturated heterocycles. The first-order chi connectivity index (χ1) is 25.0. The van der Waals surface area contributed by atoms with Crippen LogP contribution in [0.15, 0.2) is 58.7 Å². The second-order valence-electron chi connectivity index (χ2n) is 19.1. The van der Waals surface area contributed by atoms with Gasteiger partial charge in [0.25, 0.3) is 0 Å². The van der Waals surface area contributed by atoms with Crippen LogP contribution < -0.4 is 0 Å². The summed E-state index contributed by atoms with van der Waals surface area (Å²) in [5.41, 5.74) is 5.36. The van der Waals surface area contributed by atoms with Crippen molar-refractivity contribution in [1.29, 1.82) is 0 Å². The summed E-state index contributed by atoms with van der Waals surface area (Å²) in [6, 6.07) is 0. The molecule has 0 aromatic carbocycles. The van der Waals surface area contributed by atoms with Crippen molar-refractivity contribution in [3.63, 3.8) is 0 Å². The fourth-order valence-corrected chi connectivity index (χ4v) is 13.8. The second kappa shape index (κ2) is 13.5. The van der Waals surface area contributed by atoms with E-state index in [1.165, 1.54) is 29.2 Å². The highest BCUT2D eigenvalue weighted by molar-refractivity contribution is 6.01. The van der Waals surface area contributed by atoms with Gasteiger partial charge < -0.3 is 9.84 Å². The number of esters is 1. The average Bonchev–Trinajstić information content (AvgIpc) is 3.55. The van der Waals surface area contributed by atoms with Crippen molar-refractivity contribution in [2.45, 2.75) is 113 Å². The maximum absolute atomic E-state index is 13.0. The van der Waals surface area contributed by atoms with Crippen molar-refractivity contribution in [2.24, 2.45) is 69.0 Å². The van der Waals surface area contributed by atoms with Gasteiger partial charge in [0.1, 0.15) is 13.2 Å². The van der Waals surface area contributed by atoms with Crippen LogP contribution in [0.2, 0.25) is 0 Å². The molecule has 8 aliphatic carbocycles. The minimum absolute atomic E-state index is 0.0140. The van der Waals surface area contributed by atoms with Gasteiger partial charge in [0.15, 0.2) is 23.1 Å². The Morgan fingerprint density at radius 1 is 0.792 bits per heavy atom. The van der Waals surface area contributed by atoms with E-state index in [1.807, 2.05) is 12.2 Å². The summed E-state index contributed by atoms with van der Waals surface area (Å²) in [5.74, 6) is 2.61. The lowest BCUT2D eigenvalue weighted by molar-refractivity contribution is -0.148. The maximum Gasteiger partial charge on any atom is 0.303 e. The third-order valence-corrected chi connectivity index (χ3v) is 16.2. The number of aliphatic hydroxyl groups excluding tert-OH is 1. The zero-order valence-corrected chi connectivity index (χ0v) is 33.0. The highest BCUT2D eigenvalue weighted by Gasteiger charge is 2.61. The molecular weight excluding hydrogens is 664 g/mol. The molecular formula is C46H60O7. The van der Waals surface area contributed by atoms with Crippen LogP contribution in [0, 0.1) is 69.0 Å². The molecule has 286 valence electrons. The topological polar surface area (TPSA) is 115 Å². The normalized spacial score (nSPS) is 43.5. The van der Waals surface area contributed by atoms with Crippen LogP contribution >= 0.6 is 0 Å². The summed E-state index contributed by atoms with van der Waals surface area (Å²) in [5, 5.41) is 9.46. The zero-order chi connectivity index (χ0) is 38.2. The van der Waals surface area contributed by atoms with E-state index in [2.05, 4.69) is 59.8 Å². The Morgan fingerprint density at radius 3 is 1.96 bits per heavy atom. The fourth-order valence-electron chi connectivity index (χ4n) is 13.8. The zero-order valence-electron chi connectivity index (χ0n) is 33.0. The molecule has 0 aromatic heterocycles. The Labute approximate surface area is 315 Å². The molecule has 53 heavy (non-hydrogen) atoms. The average molecular weight is 725 g/mol. The molecule has 0 radical (unpaired) electrons. The van der Waals surface area contributed by atoms with Gasteiger partial charge in [-0.3, -0.25) is 24.0 Å². The first-order valence-corrected chi connectivity index (χ1v) is 20.4. The number of Topliss-reactive ketones (excluding diaryl/α,β-unsaturated/α-hetero) is 2. The largest absolute Gasteiger partial charge is 0.458 e. The van der Waals surface area contributed by atoms with E-state index in [4.69, 9.17) is 4.74 Å². The second-order valence-corrected chi connectivity index (χ2v) is 19.1. The van der Waals surface area contributed by atoms with Gasteiger partial charge in [-0.25, -0.2) is 0 Å². The molecule has 1 N–H and O–H groups in total. The van der Waals surface area contributed by atoms with Gasteiger partial charge in [-0.15, -0.1) is 0 Å². The number of fused-ring (bicyclic) bond motifs is 10. The monoisotopic (exact) mass is 724 g/mol. The molecule has 7 nitrogen and oxygen atoms in total.